The molecule has 0 N–H and O–H groups in total. The second-order valence-electron chi connectivity index (χ2n) is 3.71. The quantitative estimate of drug-likeness (QED) is 0.595. The summed E-state index contributed by atoms with van der Waals surface area (Å²) in [5, 5.41) is 0. The minimum atomic E-state index is 0.566. The minimum Gasteiger partial charge on any atom is -0.322 e. The van der Waals surface area contributed by atoms with Crippen molar-refractivity contribution in [1.29, 1.82) is 0 Å². The second-order valence-corrected chi connectivity index (χ2v) is 3.71. The van der Waals surface area contributed by atoms with Crippen molar-refractivity contribution in [2.45, 2.75) is 13.5 Å². The summed E-state index contributed by atoms with van der Waals surface area (Å²) in [5.74, 6) is 0.807. The predicted octanol–water partition coefficient (Wildman–Crippen LogP) is 2.60. The summed E-state index contributed by atoms with van der Waals surface area (Å²) in [6, 6.07) is 7.33. The van der Waals surface area contributed by atoms with E-state index in [1.165, 1.54) is 0 Å². The van der Waals surface area contributed by atoms with Gasteiger partial charge in [-0.15, -0.1) is 0 Å². The fourth-order valence-corrected chi connectivity index (χ4v) is 1.64. The lowest BCUT2D eigenvalue weighted by atomic mass is 10.2. The second kappa shape index (κ2) is 4.62. The van der Waals surface area contributed by atoms with Crippen LogP contribution in [0.5, 0.6) is 0 Å². The number of rotatable bonds is 3. The Morgan fingerprint density at radius 1 is 1.41 bits per heavy atom. The summed E-state index contributed by atoms with van der Waals surface area (Å²) in [6.45, 7) is 9.33. The number of imidazole rings is 1. The van der Waals surface area contributed by atoms with Crippen LogP contribution in [0.25, 0.3) is 4.85 Å². The van der Waals surface area contributed by atoms with Gasteiger partial charge in [-0.3, -0.25) is 4.79 Å². The highest BCUT2D eigenvalue weighted by Crippen LogP contribution is 2.14. The Bertz CT molecular complexity index is 576. The molecular weight excluding hydrogens is 214 g/mol. The van der Waals surface area contributed by atoms with Gasteiger partial charge in [-0.2, -0.15) is 0 Å². The van der Waals surface area contributed by atoms with E-state index in [-0.39, 0.29) is 0 Å². The lowest BCUT2D eigenvalue weighted by Crippen LogP contribution is -2.05. The molecule has 0 bridgehead atoms. The van der Waals surface area contributed by atoms with Crippen LogP contribution in [-0.2, 0) is 6.54 Å². The first kappa shape index (κ1) is 11.1. The largest absolute Gasteiger partial charge is 0.322 e. The Kier molecular flexibility index (Phi) is 3.01. The number of hydrogen-bond donors (Lipinski definition) is 0. The summed E-state index contributed by atoms with van der Waals surface area (Å²) < 4.78 is 1.85. The average Bonchev–Trinajstić information content (AvgIpc) is 2.71. The molecule has 1 aromatic heterocycles. The zero-order chi connectivity index (χ0) is 12.3. The van der Waals surface area contributed by atoms with Gasteiger partial charge >= 0.3 is 0 Å². The van der Waals surface area contributed by atoms with Crippen LogP contribution in [0.1, 0.15) is 21.9 Å². The maximum absolute atomic E-state index is 10.8. The van der Waals surface area contributed by atoms with Crippen molar-refractivity contribution >= 4 is 12.0 Å². The van der Waals surface area contributed by atoms with Crippen molar-refractivity contribution in [2.75, 3.05) is 0 Å². The number of aryl methyl sites for hydroxylation is 1. The molecule has 2 rings (SSSR count). The highest BCUT2D eigenvalue weighted by molar-refractivity contribution is 5.71. The maximum Gasteiger partial charge on any atom is 0.187 e. The molecular formula is C13H11N3O. The van der Waals surface area contributed by atoms with Crippen LogP contribution in [0, 0.1) is 13.5 Å². The first-order valence-corrected chi connectivity index (χ1v) is 5.18. The van der Waals surface area contributed by atoms with Crippen LogP contribution >= 0.6 is 0 Å². The van der Waals surface area contributed by atoms with E-state index < -0.39 is 0 Å². The lowest BCUT2D eigenvalue weighted by molar-refractivity contribution is 0.111. The number of nitrogens with zero attached hydrogens (tertiary/aromatic N) is 3. The number of aldehydes is 1. The van der Waals surface area contributed by atoms with E-state index >= 15 is 0 Å². The predicted molar refractivity (Wildman–Crippen MR) is 64.2 cm³/mol. The molecule has 4 heteroatoms. The molecule has 0 amide bonds. The van der Waals surface area contributed by atoms with Crippen LogP contribution < -0.4 is 0 Å². The van der Waals surface area contributed by atoms with Crippen LogP contribution in [-0.4, -0.2) is 15.8 Å². The number of aromatic nitrogens is 2. The van der Waals surface area contributed by atoms with Crippen LogP contribution in [0.2, 0.25) is 0 Å². The third kappa shape index (κ3) is 2.23. The molecule has 0 saturated heterocycles. The Morgan fingerprint density at radius 3 is 2.71 bits per heavy atom. The molecule has 0 fully saturated rings. The lowest BCUT2D eigenvalue weighted by Gasteiger charge is -2.07. The Labute approximate surface area is 99.4 Å². The molecule has 4 nitrogen and oxygen atoms in total. The Balaban J connectivity index is 2.28. The van der Waals surface area contributed by atoms with Crippen LogP contribution in [0.15, 0.2) is 30.5 Å². The smallest absolute Gasteiger partial charge is 0.187 e. The van der Waals surface area contributed by atoms with Crippen LogP contribution in [0.4, 0.5) is 5.69 Å². The zero-order valence-electron chi connectivity index (χ0n) is 9.42. The molecule has 17 heavy (non-hydrogen) atoms. The molecule has 0 saturated carbocycles. The number of carbonyl (C=O) groups excluding carboxylic acids is 1. The van der Waals surface area contributed by atoms with E-state index in [0.29, 0.717) is 17.9 Å². The number of hydrogen-bond acceptors (Lipinski definition) is 2. The fourth-order valence-electron chi connectivity index (χ4n) is 1.64. The third-order valence-corrected chi connectivity index (χ3v) is 2.61. The molecule has 0 atom stereocenters. The summed E-state index contributed by atoms with van der Waals surface area (Å²) >= 11 is 0. The van der Waals surface area contributed by atoms with Gasteiger partial charge in [0, 0.05) is 6.54 Å². The van der Waals surface area contributed by atoms with Gasteiger partial charge in [0.1, 0.15) is 11.5 Å². The fraction of sp³-hybridized carbons (Fsp3) is 0.154. The highest BCUT2D eigenvalue weighted by Gasteiger charge is 2.05. The van der Waals surface area contributed by atoms with E-state index in [4.69, 9.17) is 6.57 Å². The molecule has 0 aliphatic rings. The highest BCUT2D eigenvalue weighted by atomic mass is 16.1. The molecule has 0 spiro atoms. The minimum absolute atomic E-state index is 0.566. The molecule has 84 valence electrons. The van der Waals surface area contributed by atoms with E-state index in [9.17, 15) is 4.79 Å². The molecule has 1 aromatic carbocycles. The molecule has 0 unspecified atom stereocenters. The van der Waals surface area contributed by atoms with Crippen LogP contribution in [0.3, 0.4) is 0 Å². The van der Waals surface area contributed by atoms with Gasteiger partial charge < -0.3 is 4.57 Å². The number of carbonyl (C=O) groups is 1. The van der Waals surface area contributed by atoms with Gasteiger partial charge in [-0.05, 0) is 12.5 Å². The van der Waals surface area contributed by atoms with Gasteiger partial charge in [0.15, 0.2) is 12.0 Å². The van der Waals surface area contributed by atoms with Crippen molar-refractivity contribution in [3.8, 4) is 0 Å². The van der Waals surface area contributed by atoms with Gasteiger partial charge in [0.05, 0.1) is 12.8 Å². The normalized spacial score (nSPS) is 9.88. The van der Waals surface area contributed by atoms with Gasteiger partial charge in [-0.25, -0.2) is 9.83 Å². The van der Waals surface area contributed by atoms with E-state index in [1.807, 2.05) is 23.6 Å². The topological polar surface area (TPSA) is 39.2 Å². The van der Waals surface area contributed by atoms with Gasteiger partial charge in [0.2, 0.25) is 0 Å². The molecule has 0 radical (unpaired) electrons. The molecule has 0 aliphatic heterocycles. The standard InChI is InChI=1S/C13H11N3O/c1-10-15-7-13(9-17)16(10)8-11-3-5-12(14-2)6-4-11/h3-7,9H,8H2,1H3. The SMILES string of the molecule is [C-]#[N+]c1ccc(Cn2c(C=O)cnc2C)cc1. The van der Waals surface area contributed by atoms with E-state index in [1.54, 1.807) is 18.3 Å². The molecule has 1 heterocycles. The van der Waals surface area contributed by atoms with Crippen molar-refractivity contribution in [3.63, 3.8) is 0 Å². The van der Waals surface area contributed by atoms with E-state index in [0.717, 1.165) is 17.7 Å². The third-order valence-electron chi connectivity index (χ3n) is 2.61. The van der Waals surface area contributed by atoms with Crippen molar-refractivity contribution in [3.05, 3.63) is 59.0 Å². The summed E-state index contributed by atoms with van der Waals surface area (Å²) in [7, 11) is 0. The summed E-state index contributed by atoms with van der Waals surface area (Å²) in [4.78, 5) is 18.3. The average molecular weight is 225 g/mol. The zero-order valence-corrected chi connectivity index (χ0v) is 9.42. The van der Waals surface area contributed by atoms with Crippen molar-refractivity contribution < 1.29 is 4.79 Å². The maximum atomic E-state index is 10.8. The first-order valence-electron chi connectivity index (χ1n) is 5.18. The summed E-state index contributed by atoms with van der Waals surface area (Å²) in [5.41, 5.74) is 2.23. The Morgan fingerprint density at radius 2 is 2.12 bits per heavy atom. The van der Waals surface area contributed by atoms with Crippen molar-refractivity contribution in [2.24, 2.45) is 0 Å². The molecule has 2 aromatic rings. The van der Waals surface area contributed by atoms with Gasteiger partial charge in [0.25, 0.3) is 0 Å². The Hall–Kier alpha value is -2.41. The molecule has 0 aliphatic carbocycles. The first-order chi connectivity index (χ1) is 8.24. The van der Waals surface area contributed by atoms with Crippen molar-refractivity contribution in [1.82, 2.24) is 9.55 Å². The number of benzene rings is 1. The van der Waals surface area contributed by atoms with Gasteiger partial charge in [-0.1, -0.05) is 24.3 Å². The summed E-state index contributed by atoms with van der Waals surface area (Å²) in [6.07, 6.45) is 2.36. The monoisotopic (exact) mass is 225 g/mol. The van der Waals surface area contributed by atoms with E-state index in [2.05, 4.69) is 9.83 Å².